The molecular formula is C15H18BrClN6O. The third kappa shape index (κ3) is 3.64. The molecule has 0 aromatic carbocycles. The number of rotatable bonds is 3. The van der Waals surface area contributed by atoms with Crippen LogP contribution in [0.25, 0.3) is 11.0 Å². The van der Waals surface area contributed by atoms with Crippen molar-refractivity contribution in [2.24, 2.45) is 5.73 Å². The predicted molar refractivity (Wildman–Crippen MR) is 99.3 cm³/mol. The highest BCUT2D eigenvalue weighted by Crippen LogP contribution is 2.38. The van der Waals surface area contributed by atoms with Crippen molar-refractivity contribution >= 4 is 56.7 Å². The average molecular weight is 414 g/mol. The monoisotopic (exact) mass is 412 g/mol. The Morgan fingerprint density at radius 3 is 3.12 bits per heavy atom. The maximum atomic E-state index is 11.8. The predicted octanol–water partition coefficient (Wildman–Crippen LogP) is 2.53. The largest absolute Gasteiger partial charge is 0.368 e. The summed E-state index contributed by atoms with van der Waals surface area (Å²) in [6, 6.07) is 1.98. The first kappa shape index (κ1) is 18.5. The third-order valence-corrected chi connectivity index (χ3v) is 4.50. The van der Waals surface area contributed by atoms with Crippen LogP contribution in [0.15, 0.2) is 16.9 Å². The van der Waals surface area contributed by atoms with E-state index in [1.165, 1.54) is 0 Å². The number of carbonyl (C=O) groups excluding carboxylic acids is 1. The highest BCUT2D eigenvalue weighted by Gasteiger charge is 2.23. The summed E-state index contributed by atoms with van der Waals surface area (Å²) in [5.74, 6) is -0.338. The van der Waals surface area contributed by atoms with Crippen LogP contribution < -0.4 is 16.0 Å². The van der Waals surface area contributed by atoms with Crippen molar-refractivity contribution in [3.63, 3.8) is 0 Å². The first-order chi connectivity index (χ1) is 11.1. The third-order valence-electron chi connectivity index (χ3n) is 3.92. The Labute approximate surface area is 154 Å². The van der Waals surface area contributed by atoms with Gasteiger partial charge in [0.05, 0.1) is 27.3 Å². The van der Waals surface area contributed by atoms with Gasteiger partial charge in [0, 0.05) is 31.5 Å². The van der Waals surface area contributed by atoms with Crippen molar-refractivity contribution in [3.8, 4) is 6.07 Å². The highest BCUT2D eigenvalue weighted by molar-refractivity contribution is 9.10. The van der Waals surface area contributed by atoms with Crippen molar-refractivity contribution in [1.82, 2.24) is 9.97 Å². The molecule has 9 heteroatoms. The molecule has 0 radical (unpaired) electrons. The molecule has 0 saturated carbocycles. The number of fused-ring (bicyclic) bond motifs is 1. The van der Waals surface area contributed by atoms with Gasteiger partial charge in [0.25, 0.3) is 0 Å². The number of aromatic nitrogens is 2. The lowest BCUT2D eigenvalue weighted by Crippen LogP contribution is -2.43. The van der Waals surface area contributed by atoms with Gasteiger partial charge in [-0.15, -0.1) is 12.4 Å². The number of piperidine rings is 1. The number of nitrogens with one attached hydrogen (secondary N) is 2. The minimum Gasteiger partial charge on any atom is -0.368 e. The zero-order chi connectivity index (χ0) is 16.4. The Morgan fingerprint density at radius 1 is 1.62 bits per heavy atom. The van der Waals surface area contributed by atoms with Crippen LogP contribution in [0.4, 0.5) is 11.4 Å². The Morgan fingerprint density at radius 2 is 2.42 bits per heavy atom. The van der Waals surface area contributed by atoms with E-state index in [0.717, 1.165) is 41.5 Å². The van der Waals surface area contributed by atoms with E-state index in [-0.39, 0.29) is 30.8 Å². The lowest BCUT2D eigenvalue weighted by Gasteiger charge is -2.33. The van der Waals surface area contributed by atoms with Gasteiger partial charge in [0.1, 0.15) is 12.1 Å². The molecule has 0 spiro atoms. The van der Waals surface area contributed by atoms with Gasteiger partial charge in [-0.25, -0.2) is 4.98 Å². The Hall–Kier alpha value is -1.82. The summed E-state index contributed by atoms with van der Waals surface area (Å²) in [4.78, 5) is 21.4. The second kappa shape index (κ2) is 7.83. The van der Waals surface area contributed by atoms with Gasteiger partial charge in [-0.1, -0.05) is 0 Å². The number of anilines is 2. The number of amides is 1. The first-order valence-electron chi connectivity index (χ1n) is 7.43. The number of H-pyrrole nitrogens is 1. The number of nitriles is 1. The van der Waals surface area contributed by atoms with Crippen molar-refractivity contribution in [3.05, 3.63) is 16.9 Å². The van der Waals surface area contributed by atoms with Crippen LogP contribution in [-0.4, -0.2) is 35.0 Å². The molecule has 0 unspecified atom stereocenters. The number of nitrogens with two attached hydrogens (primary N) is 1. The molecule has 2 aromatic rings. The summed E-state index contributed by atoms with van der Waals surface area (Å²) in [6.07, 6.45) is 5.30. The van der Waals surface area contributed by atoms with Crippen LogP contribution >= 0.6 is 28.3 Å². The summed E-state index contributed by atoms with van der Waals surface area (Å²) < 4.78 is 0.856. The molecule has 4 N–H and O–H groups in total. The molecule has 1 atom stereocenters. The Bertz CT molecular complexity index is 786. The number of halogens is 2. The summed E-state index contributed by atoms with van der Waals surface area (Å²) >= 11 is 3.56. The molecule has 3 rings (SSSR count). The number of carbonyl (C=O) groups is 1. The molecule has 1 fully saturated rings. The minimum absolute atomic E-state index is 0. The van der Waals surface area contributed by atoms with E-state index in [1.807, 2.05) is 6.07 Å². The van der Waals surface area contributed by atoms with E-state index in [9.17, 15) is 4.79 Å². The fraction of sp³-hybridized carbons (Fsp3) is 0.400. The molecule has 0 aliphatic carbocycles. The zero-order valence-corrected chi connectivity index (χ0v) is 15.3. The molecule has 7 nitrogen and oxygen atoms in total. The lowest BCUT2D eigenvalue weighted by molar-refractivity contribution is -0.115. The fourth-order valence-electron chi connectivity index (χ4n) is 2.94. The Balaban J connectivity index is 0.00000208. The van der Waals surface area contributed by atoms with Gasteiger partial charge < -0.3 is 20.9 Å². The van der Waals surface area contributed by atoms with Gasteiger partial charge in [0.2, 0.25) is 5.91 Å². The fourth-order valence-corrected chi connectivity index (χ4v) is 3.49. The van der Waals surface area contributed by atoms with Gasteiger partial charge in [-0.2, -0.15) is 5.26 Å². The molecule has 1 aliphatic heterocycles. The van der Waals surface area contributed by atoms with Gasteiger partial charge in [-0.3, -0.25) is 4.79 Å². The zero-order valence-electron chi connectivity index (χ0n) is 12.9. The van der Waals surface area contributed by atoms with Crippen LogP contribution in [-0.2, 0) is 4.79 Å². The van der Waals surface area contributed by atoms with Crippen LogP contribution in [0, 0.1) is 11.3 Å². The molecule has 0 bridgehead atoms. The maximum Gasteiger partial charge on any atom is 0.238 e. The topological polar surface area (TPSA) is 111 Å². The quantitative estimate of drug-likeness (QED) is 0.716. The van der Waals surface area contributed by atoms with Crippen LogP contribution in [0.3, 0.4) is 0 Å². The van der Waals surface area contributed by atoms with Crippen LogP contribution in [0.1, 0.15) is 19.3 Å². The number of pyridine rings is 1. The number of aromatic amines is 1. The lowest BCUT2D eigenvalue weighted by atomic mass is 10.1. The number of hydrogen-bond acceptors (Lipinski definition) is 5. The second-order valence-electron chi connectivity index (χ2n) is 5.61. The van der Waals surface area contributed by atoms with E-state index < -0.39 is 0 Å². The van der Waals surface area contributed by atoms with E-state index in [4.69, 9.17) is 11.0 Å². The highest BCUT2D eigenvalue weighted by atomic mass is 79.9. The molecule has 3 heterocycles. The second-order valence-corrected chi connectivity index (χ2v) is 6.47. The van der Waals surface area contributed by atoms with Gasteiger partial charge >= 0.3 is 0 Å². The van der Waals surface area contributed by atoms with E-state index in [1.54, 1.807) is 12.4 Å². The van der Waals surface area contributed by atoms with E-state index >= 15 is 0 Å². The van der Waals surface area contributed by atoms with E-state index in [2.05, 4.69) is 36.1 Å². The SMILES string of the molecule is Cl.N#CCC(=O)Nc1c[nH]c2ncc(Br)c(N3CCC[C@@H](N)C3)c12. The van der Waals surface area contributed by atoms with Gasteiger partial charge in [-0.05, 0) is 28.8 Å². The summed E-state index contributed by atoms with van der Waals surface area (Å²) in [5.41, 5.74) is 8.39. The standard InChI is InChI=1S/C15H17BrN6O.ClH/c16-10-6-19-15-13(11(7-20-15)21-12(23)3-4-17)14(10)22-5-1-2-9(18)8-22;/h6-7,9H,1-3,5,8,18H2,(H,19,20)(H,21,23);1H/t9-;/m1./s1. The molecule has 1 amide bonds. The number of nitrogens with zero attached hydrogens (tertiary/aromatic N) is 3. The smallest absolute Gasteiger partial charge is 0.238 e. The molecule has 2 aromatic heterocycles. The summed E-state index contributed by atoms with van der Waals surface area (Å²) in [7, 11) is 0. The average Bonchev–Trinajstić information content (AvgIpc) is 2.90. The van der Waals surface area contributed by atoms with Crippen LogP contribution in [0.2, 0.25) is 0 Å². The van der Waals surface area contributed by atoms with Crippen molar-refractivity contribution in [1.29, 1.82) is 5.26 Å². The summed E-state index contributed by atoms with van der Waals surface area (Å²) in [5, 5.41) is 12.3. The van der Waals surface area contributed by atoms with Crippen molar-refractivity contribution in [2.75, 3.05) is 23.3 Å². The minimum atomic E-state index is -0.338. The maximum absolute atomic E-state index is 11.8. The van der Waals surface area contributed by atoms with Crippen molar-refractivity contribution < 1.29 is 4.79 Å². The molecule has 1 saturated heterocycles. The normalized spacial score (nSPS) is 17.2. The van der Waals surface area contributed by atoms with E-state index in [0.29, 0.717) is 11.3 Å². The summed E-state index contributed by atoms with van der Waals surface area (Å²) in [6.45, 7) is 1.66. The number of hydrogen-bond donors (Lipinski definition) is 3. The molecule has 24 heavy (non-hydrogen) atoms. The molecule has 1 aliphatic rings. The molecule has 128 valence electrons. The Kier molecular flexibility index (Phi) is 6.04. The molecular weight excluding hydrogens is 396 g/mol. The van der Waals surface area contributed by atoms with Gasteiger partial charge in [0.15, 0.2) is 0 Å². The van der Waals surface area contributed by atoms with Crippen LogP contribution in [0.5, 0.6) is 0 Å². The first-order valence-corrected chi connectivity index (χ1v) is 8.22. The van der Waals surface area contributed by atoms with Crippen molar-refractivity contribution in [2.45, 2.75) is 25.3 Å².